The maximum Gasteiger partial charge on any atom is 0.248 e. The van der Waals surface area contributed by atoms with E-state index in [1.165, 1.54) is 0 Å². The predicted molar refractivity (Wildman–Crippen MR) is 115 cm³/mol. The maximum absolute atomic E-state index is 11.4. The Morgan fingerprint density at radius 3 is 2.37 bits per heavy atom. The van der Waals surface area contributed by atoms with Crippen LogP contribution < -0.4 is 15.2 Å². The first-order valence-electron chi connectivity index (χ1n) is 9.71. The number of methoxy groups -OCH3 is 2. The number of hydrogen-bond acceptors (Lipinski definition) is 4. The van der Waals surface area contributed by atoms with E-state index >= 15 is 0 Å². The minimum absolute atomic E-state index is 0.177. The molecule has 0 saturated carbocycles. The van der Waals surface area contributed by atoms with Gasteiger partial charge < -0.3 is 19.8 Å². The average Bonchev–Trinajstić information content (AvgIpc) is 3.05. The lowest BCUT2D eigenvalue weighted by Gasteiger charge is -2.28. The van der Waals surface area contributed by atoms with Gasteiger partial charge in [-0.05, 0) is 55.7 Å². The summed E-state index contributed by atoms with van der Waals surface area (Å²) >= 11 is 0. The number of carbonyl (C=O) groups excluding carboxylic acids is 1. The highest BCUT2D eigenvalue weighted by molar-refractivity contribution is 5.94. The third kappa shape index (κ3) is 2.82. The highest BCUT2D eigenvalue weighted by Gasteiger charge is 2.31. The summed E-state index contributed by atoms with van der Waals surface area (Å²) in [4.78, 5) is 11.4. The van der Waals surface area contributed by atoms with E-state index in [-0.39, 0.29) is 6.04 Å². The summed E-state index contributed by atoms with van der Waals surface area (Å²) in [5.74, 6) is 0.840. The number of nitriles is 1. The molecule has 0 saturated heterocycles. The second-order valence-electron chi connectivity index (χ2n) is 7.52. The molecule has 0 radical (unpaired) electrons. The lowest BCUT2D eigenvalue weighted by atomic mass is 9.91. The smallest absolute Gasteiger partial charge is 0.248 e. The van der Waals surface area contributed by atoms with Crippen molar-refractivity contribution in [2.24, 2.45) is 5.73 Å². The molecule has 2 aromatic carbocycles. The highest BCUT2D eigenvalue weighted by atomic mass is 16.5. The zero-order valence-electron chi connectivity index (χ0n) is 17.4. The Balaban J connectivity index is 1.99. The van der Waals surface area contributed by atoms with Crippen molar-refractivity contribution in [1.82, 2.24) is 4.57 Å². The quantitative estimate of drug-likeness (QED) is 0.708. The van der Waals surface area contributed by atoms with E-state index in [1.54, 1.807) is 26.4 Å². The molecule has 1 atom stereocenters. The first kappa shape index (κ1) is 19.6. The van der Waals surface area contributed by atoms with Crippen LogP contribution in [0.5, 0.6) is 11.5 Å². The van der Waals surface area contributed by atoms with Gasteiger partial charge in [-0.3, -0.25) is 4.79 Å². The summed E-state index contributed by atoms with van der Waals surface area (Å²) in [6.07, 6.45) is 0.823. The molecule has 2 N–H and O–H groups in total. The summed E-state index contributed by atoms with van der Waals surface area (Å²) in [5, 5.41) is 10.1. The predicted octanol–water partition coefficient (Wildman–Crippen LogP) is 4.24. The molecule has 152 valence electrons. The largest absolute Gasteiger partial charge is 0.493 e. The van der Waals surface area contributed by atoms with Gasteiger partial charge in [0.2, 0.25) is 5.91 Å². The average molecular weight is 401 g/mol. The Morgan fingerprint density at radius 1 is 1.17 bits per heavy atom. The number of amides is 1. The van der Waals surface area contributed by atoms with E-state index in [4.69, 9.17) is 15.2 Å². The van der Waals surface area contributed by atoms with Crippen molar-refractivity contribution in [3.05, 3.63) is 58.8 Å². The lowest BCUT2D eigenvalue weighted by Crippen LogP contribution is -2.17. The molecule has 3 aromatic rings. The van der Waals surface area contributed by atoms with Gasteiger partial charge >= 0.3 is 0 Å². The Bertz CT molecular complexity index is 1200. The number of primary amides is 1. The van der Waals surface area contributed by atoms with Gasteiger partial charge in [-0.1, -0.05) is 12.1 Å². The molecule has 0 bridgehead atoms. The maximum atomic E-state index is 11.4. The van der Waals surface area contributed by atoms with E-state index in [9.17, 15) is 10.1 Å². The molecule has 0 fully saturated rings. The van der Waals surface area contributed by atoms with Gasteiger partial charge in [0.25, 0.3) is 0 Å². The monoisotopic (exact) mass is 401 g/mol. The Labute approximate surface area is 175 Å². The van der Waals surface area contributed by atoms with Gasteiger partial charge in [0.05, 0.1) is 25.5 Å². The molecule has 0 spiro atoms. The lowest BCUT2D eigenvalue weighted by molar-refractivity contribution is 0.100. The van der Waals surface area contributed by atoms with Crippen LogP contribution in [-0.2, 0) is 6.42 Å². The fourth-order valence-electron chi connectivity index (χ4n) is 4.51. The number of hydrogen-bond donors (Lipinski definition) is 1. The topological polar surface area (TPSA) is 90.3 Å². The zero-order valence-corrected chi connectivity index (χ0v) is 17.4. The van der Waals surface area contributed by atoms with E-state index in [0.717, 1.165) is 40.1 Å². The van der Waals surface area contributed by atoms with Crippen LogP contribution in [0.4, 0.5) is 0 Å². The first-order chi connectivity index (χ1) is 14.4. The minimum atomic E-state index is -0.474. The number of ether oxygens (including phenoxy) is 2. The Kier molecular flexibility index (Phi) is 4.75. The van der Waals surface area contributed by atoms with Crippen molar-refractivity contribution >= 4 is 5.91 Å². The molecule has 6 heteroatoms. The van der Waals surface area contributed by atoms with Crippen LogP contribution in [0, 0.1) is 18.3 Å². The van der Waals surface area contributed by atoms with Crippen molar-refractivity contribution in [3.63, 3.8) is 0 Å². The summed E-state index contributed by atoms with van der Waals surface area (Å²) in [6, 6.07) is 13.6. The van der Waals surface area contributed by atoms with Crippen molar-refractivity contribution in [1.29, 1.82) is 5.26 Å². The van der Waals surface area contributed by atoms with Crippen LogP contribution in [0.2, 0.25) is 0 Å². The second kappa shape index (κ2) is 7.27. The number of rotatable bonds is 4. The summed E-state index contributed by atoms with van der Waals surface area (Å²) in [7, 11) is 3.23. The van der Waals surface area contributed by atoms with Gasteiger partial charge in [0.15, 0.2) is 11.5 Å². The SMILES string of the molecule is COc1cc2c(cc1OC)-c1c(C#N)c(-c3ccc(C(N)=O)cc3)c(C)n1C(C)C2. The van der Waals surface area contributed by atoms with Crippen LogP contribution >= 0.6 is 0 Å². The molecule has 6 nitrogen and oxygen atoms in total. The molecule has 0 aliphatic carbocycles. The third-order valence-electron chi connectivity index (χ3n) is 5.84. The van der Waals surface area contributed by atoms with E-state index in [0.29, 0.717) is 22.6 Å². The molecular weight excluding hydrogens is 378 g/mol. The number of benzene rings is 2. The van der Waals surface area contributed by atoms with Crippen molar-refractivity contribution in [3.8, 4) is 40.0 Å². The van der Waals surface area contributed by atoms with Gasteiger partial charge in [-0.2, -0.15) is 5.26 Å². The molecule has 1 aliphatic rings. The summed E-state index contributed by atoms with van der Waals surface area (Å²) in [6.45, 7) is 4.18. The number of aromatic nitrogens is 1. The Hall–Kier alpha value is -3.72. The minimum Gasteiger partial charge on any atom is -0.493 e. The van der Waals surface area contributed by atoms with Crippen LogP contribution in [0.1, 0.15) is 40.1 Å². The van der Waals surface area contributed by atoms with Crippen molar-refractivity contribution in [2.75, 3.05) is 14.2 Å². The second-order valence-corrected chi connectivity index (χ2v) is 7.52. The van der Waals surface area contributed by atoms with Crippen LogP contribution in [0.25, 0.3) is 22.4 Å². The first-order valence-corrected chi connectivity index (χ1v) is 9.71. The van der Waals surface area contributed by atoms with E-state index in [1.807, 2.05) is 31.2 Å². The molecule has 1 unspecified atom stereocenters. The number of carbonyl (C=O) groups is 1. The van der Waals surface area contributed by atoms with Crippen LogP contribution in [0.15, 0.2) is 36.4 Å². The fourth-order valence-corrected chi connectivity index (χ4v) is 4.51. The molecule has 2 heterocycles. The molecule has 1 aliphatic heterocycles. The molecule has 1 amide bonds. The molecule has 30 heavy (non-hydrogen) atoms. The summed E-state index contributed by atoms with van der Waals surface area (Å²) in [5.41, 5.74) is 12.2. The highest BCUT2D eigenvalue weighted by Crippen LogP contribution is 2.47. The standard InChI is InChI=1S/C24H23N3O3/c1-13-9-17-10-20(29-3)21(30-4)11-18(17)23-19(12-25)22(14(2)27(13)23)15-5-7-16(8-6-15)24(26)28/h5-8,10-11,13H,9H2,1-4H3,(H2,26,28). The van der Waals surface area contributed by atoms with Gasteiger partial charge in [0, 0.05) is 28.4 Å². The van der Waals surface area contributed by atoms with Crippen molar-refractivity contribution < 1.29 is 14.3 Å². The van der Waals surface area contributed by atoms with Crippen molar-refractivity contribution in [2.45, 2.75) is 26.3 Å². The fraction of sp³-hybridized carbons (Fsp3) is 0.250. The number of nitrogens with zero attached hydrogens (tertiary/aromatic N) is 2. The third-order valence-corrected chi connectivity index (χ3v) is 5.84. The molecule has 1 aromatic heterocycles. The normalized spacial score (nSPS) is 14.4. The molecular formula is C24H23N3O3. The molecule has 4 rings (SSSR count). The number of nitrogens with two attached hydrogens (primary N) is 1. The van der Waals surface area contributed by atoms with E-state index in [2.05, 4.69) is 17.6 Å². The zero-order chi connectivity index (χ0) is 21.6. The van der Waals surface area contributed by atoms with Crippen LogP contribution in [0.3, 0.4) is 0 Å². The van der Waals surface area contributed by atoms with Gasteiger partial charge in [0.1, 0.15) is 6.07 Å². The summed E-state index contributed by atoms with van der Waals surface area (Å²) < 4.78 is 13.2. The van der Waals surface area contributed by atoms with E-state index < -0.39 is 5.91 Å². The number of fused-ring (bicyclic) bond motifs is 3. The van der Waals surface area contributed by atoms with Gasteiger partial charge in [-0.25, -0.2) is 0 Å². The van der Waals surface area contributed by atoms with Gasteiger partial charge in [-0.15, -0.1) is 0 Å². The Morgan fingerprint density at radius 2 is 1.80 bits per heavy atom. The van der Waals surface area contributed by atoms with Crippen LogP contribution in [-0.4, -0.2) is 24.7 Å².